The van der Waals surface area contributed by atoms with Crippen molar-refractivity contribution in [1.82, 2.24) is 4.98 Å². The van der Waals surface area contributed by atoms with Crippen LogP contribution in [0.2, 0.25) is 0 Å². The van der Waals surface area contributed by atoms with Crippen molar-refractivity contribution in [3.8, 4) is 17.2 Å². The van der Waals surface area contributed by atoms with Crippen LogP contribution in [0.4, 0.5) is 5.13 Å². The molecule has 0 amide bonds. The number of para-hydroxylation sites is 1. The first kappa shape index (κ1) is 36.3. The number of carbonyl (C=O) groups is 3. The maximum atomic E-state index is 13.1. The van der Waals surface area contributed by atoms with Gasteiger partial charge in [-0.2, -0.15) is 5.10 Å². The van der Waals surface area contributed by atoms with Crippen LogP contribution in [0.25, 0.3) is 10.2 Å². The van der Waals surface area contributed by atoms with E-state index in [4.69, 9.17) is 18.9 Å². The number of anilines is 1. The van der Waals surface area contributed by atoms with Crippen molar-refractivity contribution >= 4 is 50.8 Å². The van der Waals surface area contributed by atoms with Gasteiger partial charge in [-0.3, -0.25) is 10.2 Å². The first-order valence-electron chi connectivity index (χ1n) is 17.2. The van der Waals surface area contributed by atoms with E-state index in [0.29, 0.717) is 46.9 Å². The summed E-state index contributed by atoms with van der Waals surface area (Å²) in [5.41, 5.74) is 4.66. The summed E-state index contributed by atoms with van der Waals surface area (Å²) in [6.45, 7) is 6.49. The van der Waals surface area contributed by atoms with Crippen molar-refractivity contribution in [1.29, 1.82) is 0 Å². The number of hydrazone groups is 1. The molecular formula is C39H43N3O7S. The molecule has 1 aromatic heterocycles. The molecule has 5 rings (SSSR count). The molecule has 1 aliphatic rings. The fourth-order valence-electron chi connectivity index (χ4n) is 5.69. The number of hydrogen-bond acceptors (Lipinski definition) is 11. The van der Waals surface area contributed by atoms with Gasteiger partial charge in [-0.1, -0.05) is 43.4 Å². The van der Waals surface area contributed by atoms with Gasteiger partial charge < -0.3 is 18.9 Å². The molecule has 0 radical (unpaired) electrons. The van der Waals surface area contributed by atoms with E-state index in [1.807, 2.05) is 24.3 Å². The first-order valence-corrected chi connectivity index (χ1v) is 18.0. The van der Waals surface area contributed by atoms with E-state index in [1.54, 1.807) is 42.5 Å². The highest BCUT2D eigenvalue weighted by molar-refractivity contribution is 7.22. The van der Waals surface area contributed by atoms with Crippen LogP contribution in [-0.2, 0) is 14.3 Å². The van der Waals surface area contributed by atoms with Crippen LogP contribution >= 0.6 is 11.3 Å². The van der Waals surface area contributed by atoms with Crippen LogP contribution in [-0.4, -0.2) is 42.3 Å². The number of esters is 3. The highest BCUT2D eigenvalue weighted by Crippen LogP contribution is 2.33. The Labute approximate surface area is 296 Å². The minimum atomic E-state index is -0.540. The number of unbranched alkanes of at least 4 members (excludes halogenated alkanes) is 3. The van der Waals surface area contributed by atoms with Crippen molar-refractivity contribution in [3.05, 3.63) is 90.5 Å². The molecule has 50 heavy (non-hydrogen) atoms. The molecule has 0 spiro atoms. The number of ether oxygens (including phenoxy) is 4. The Morgan fingerprint density at radius 2 is 1.66 bits per heavy atom. The number of fused-ring (bicyclic) bond motifs is 1. The molecule has 1 heterocycles. The molecule has 11 heteroatoms. The quantitative estimate of drug-likeness (QED) is 0.0288. The number of benzene rings is 3. The van der Waals surface area contributed by atoms with Crippen molar-refractivity contribution in [3.63, 3.8) is 0 Å². The average Bonchev–Trinajstić information content (AvgIpc) is 3.56. The normalized spacial score (nSPS) is 15.8. The van der Waals surface area contributed by atoms with Gasteiger partial charge in [0, 0.05) is 11.6 Å². The van der Waals surface area contributed by atoms with Crippen molar-refractivity contribution in [2.75, 3.05) is 18.6 Å². The summed E-state index contributed by atoms with van der Waals surface area (Å²) in [6.07, 6.45) is 11.0. The summed E-state index contributed by atoms with van der Waals surface area (Å²) >= 11 is 1.47. The molecule has 3 aromatic carbocycles. The van der Waals surface area contributed by atoms with Gasteiger partial charge in [0.05, 0.1) is 41.1 Å². The molecule has 0 unspecified atom stereocenters. The molecule has 1 N–H and O–H groups in total. The molecule has 4 aromatic rings. The molecular weight excluding hydrogens is 655 g/mol. The third kappa shape index (κ3) is 10.7. The van der Waals surface area contributed by atoms with E-state index in [1.165, 1.54) is 17.6 Å². The molecule has 0 saturated heterocycles. The SMILES string of the molecule is C=CC(=O)OCCCCCCOc1ccc(C(=O)Oc2ccc(OC(=O)C3CCC(CC)CC3)c(C=NNc3nc4ccccc4s3)c2)cc1. The van der Waals surface area contributed by atoms with E-state index in [-0.39, 0.29) is 17.6 Å². The fourth-order valence-corrected chi connectivity index (χ4v) is 6.51. The van der Waals surface area contributed by atoms with E-state index >= 15 is 0 Å². The van der Waals surface area contributed by atoms with Crippen molar-refractivity contribution in [2.45, 2.75) is 64.7 Å². The number of nitrogens with zero attached hydrogens (tertiary/aromatic N) is 2. The van der Waals surface area contributed by atoms with Gasteiger partial charge in [-0.05, 0) is 112 Å². The number of hydrogen-bond donors (Lipinski definition) is 1. The molecule has 1 saturated carbocycles. The Morgan fingerprint density at radius 1 is 0.920 bits per heavy atom. The Balaban J connectivity index is 1.18. The summed E-state index contributed by atoms with van der Waals surface area (Å²) in [6, 6.07) is 19.4. The monoisotopic (exact) mass is 697 g/mol. The van der Waals surface area contributed by atoms with E-state index < -0.39 is 11.9 Å². The lowest BCUT2D eigenvalue weighted by atomic mass is 9.81. The van der Waals surface area contributed by atoms with Crippen LogP contribution in [0.5, 0.6) is 17.2 Å². The van der Waals surface area contributed by atoms with Gasteiger partial charge in [0.25, 0.3) is 0 Å². The third-order valence-electron chi connectivity index (χ3n) is 8.63. The second kappa shape index (κ2) is 18.7. The van der Waals surface area contributed by atoms with Crippen LogP contribution in [0.1, 0.15) is 80.6 Å². The lowest BCUT2D eigenvalue weighted by molar-refractivity contribution is -0.140. The first-order chi connectivity index (χ1) is 24.4. The standard InChI is InChI=1S/C39H43N3O7S/c1-3-27-13-15-28(16-14-27)38(45)49-34-22-21-32(25-30(34)26-40-42-39-41-33-11-7-8-12-35(33)50-39)48-37(44)29-17-19-31(20-18-29)46-23-9-5-6-10-24-47-36(43)4-2/h4,7-8,11-12,17-22,25-28H,2-3,5-6,9-10,13-16,23-24H2,1H3,(H,41,42). The number of aromatic nitrogens is 1. The number of thiazole rings is 1. The second-order valence-electron chi connectivity index (χ2n) is 12.2. The van der Waals surface area contributed by atoms with Crippen LogP contribution in [0, 0.1) is 11.8 Å². The summed E-state index contributed by atoms with van der Waals surface area (Å²) in [4.78, 5) is 41.8. The van der Waals surface area contributed by atoms with Crippen molar-refractivity contribution in [2.24, 2.45) is 16.9 Å². The Hall–Kier alpha value is -5.03. The topological polar surface area (TPSA) is 125 Å². The van der Waals surface area contributed by atoms with Crippen LogP contribution in [0.3, 0.4) is 0 Å². The molecule has 0 bridgehead atoms. The Morgan fingerprint density at radius 3 is 2.40 bits per heavy atom. The zero-order chi connectivity index (χ0) is 35.1. The van der Waals surface area contributed by atoms with Crippen LogP contribution < -0.4 is 19.6 Å². The number of nitrogens with one attached hydrogen (secondary N) is 1. The Bertz CT molecular complexity index is 1750. The van der Waals surface area contributed by atoms with Gasteiger partial charge in [0.1, 0.15) is 17.2 Å². The Kier molecular flexibility index (Phi) is 13.5. The smallest absolute Gasteiger partial charge is 0.343 e. The predicted molar refractivity (Wildman–Crippen MR) is 195 cm³/mol. The lowest BCUT2D eigenvalue weighted by Crippen LogP contribution is -2.25. The van der Waals surface area contributed by atoms with Crippen LogP contribution in [0.15, 0.2) is 84.5 Å². The zero-order valence-electron chi connectivity index (χ0n) is 28.3. The maximum Gasteiger partial charge on any atom is 0.343 e. The largest absolute Gasteiger partial charge is 0.494 e. The van der Waals surface area contributed by atoms with Gasteiger partial charge in [0.2, 0.25) is 5.13 Å². The summed E-state index contributed by atoms with van der Waals surface area (Å²) < 4.78 is 23.4. The third-order valence-corrected chi connectivity index (χ3v) is 9.57. The van der Waals surface area contributed by atoms with Gasteiger partial charge in [0.15, 0.2) is 0 Å². The molecule has 0 atom stereocenters. The molecule has 10 nitrogen and oxygen atoms in total. The minimum Gasteiger partial charge on any atom is -0.494 e. The summed E-state index contributed by atoms with van der Waals surface area (Å²) in [5.74, 6) is 0.578. The molecule has 0 aliphatic heterocycles. The fraction of sp³-hybridized carbons (Fsp3) is 0.359. The van der Waals surface area contributed by atoms with Crippen molar-refractivity contribution < 1.29 is 33.3 Å². The van der Waals surface area contributed by atoms with Gasteiger partial charge in [-0.25, -0.2) is 14.6 Å². The maximum absolute atomic E-state index is 13.1. The van der Waals surface area contributed by atoms with Gasteiger partial charge >= 0.3 is 17.9 Å². The van der Waals surface area contributed by atoms with E-state index in [9.17, 15) is 14.4 Å². The van der Waals surface area contributed by atoms with Gasteiger partial charge in [-0.15, -0.1) is 0 Å². The number of rotatable bonds is 17. The predicted octanol–water partition coefficient (Wildman–Crippen LogP) is 8.75. The highest BCUT2D eigenvalue weighted by atomic mass is 32.1. The number of carbonyl (C=O) groups excluding carboxylic acids is 3. The average molecular weight is 698 g/mol. The highest BCUT2D eigenvalue weighted by Gasteiger charge is 2.27. The van der Waals surface area contributed by atoms with E-state index in [2.05, 4.69) is 29.0 Å². The molecule has 262 valence electrons. The van der Waals surface area contributed by atoms with E-state index in [0.717, 1.165) is 74.1 Å². The summed E-state index contributed by atoms with van der Waals surface area (Å²) in [5, 5.41) is 4.98. The molecule has 1 fully saturated rings. The summed E-state index contributed by atoms with van der Waals surface area (Å²) in [7, 11) is 0. The lowest BCUT2D eigenvalue weighted by Gasteiger charge is -2.26. The minimum absolute atomic E-state index is 0.145. The molecule has 1 aliphatic carbocycles. The second-order valence-corrected chi connectivity index (χ2v) is 13.2. The zero-order valence-corrected chi connectivity index (χ0v) is 29.1.